The van der Waals surface area contributed by atoms with Crippen LogP contribution in [0.1, 0.15) is 38.3 Å². The van der Waals surface area contributed by atoms with Crippen LogP contribution < -0.4 is 0 Å². The lowest BCUT2D eigenvalue weighted by Crippen LogP contribution is -1.87. The zero-order valence-corrected chi connectivity index (χ0v) is 7.26. The summed E-state index contributed by atoms with van der Waals surface area (Å²) in [6.07, 6.45) is 0. The molecule has 12 heavy (non-hydrogen) atoms. The van der Waals surface area contributed by atoms with Gasteiger partial charge in [-0.15, -0.1) is 0 Å². The molecular weight excluding hydrogens is 148 g/mol. The number of aromatic hydroxyl groups is 1. The Morgan fingerprint density at radius 2 is 1.83 bits per heavy atom. The minimum absolute atomic E-state index is 0. The van der Waals surface area contributed by atoms with E-state index < -0.39 is 0 Å². The molecule has 0 saturated heterocycles. The molecule has 1 rings (SSSR count). The van der Waals surface area contributed by atoms with Gasteiger partial charge in [-0.25, -0.2) is 0 Å². The first-order valence-corrected chi connectivity index (χ1v) is 3.91. The topological polar surface area (TPSA) is 20.2 Å². The van der Waals surface area contributed by atoms with Gasteiger partial charge in [0.15, 0.2) is 0 Å². The summed E-state index contributed by atoms with van der Waals surface area (Å²) in [6.45, 7) is 6.12. The zero-order valence-electron chi connectivity index (χ0n) is 7.26. The Morgan fingerprint density at radius 1 is 1.25 bits per heavy atom. The molecule has 0 aliphatic carbocycles. The summed E-state index contributed by atoms with van der Waals surface area (Å²) < 4.78 is 0. The van der Waals surface area contributed by atoms with Crippen LogP contribution in [0.25, 0.3) is 0 Å². The van der Waals surface area contributed by atoms with Gasteiger partial charge in [0.1, 0.15) is 5.75 Å². The number of phenols is 1. The summed E-state index contributed by atoms with van der Waals surface area (Å²) in [5, 5.41) is 9.46. The lowest BCUT2D eigenvalue weighted by molar-refractivity contribution is 0.464. The monoisotopic (exact) mass is 166 g/mol. The van der Waals surface area contributed by atoms with Gasteiger partial charge in [0.25, 0.3) is 0 Å². The Hall–Kier alpha value is -0.980. The number of rotatable bonds is 1. The molecule has 0 aromatic heterocycles. The third-order valence-corrected chi connectivity index (χ3v) is 1.81. The van der Waals surface area contributed by atoms with E-state index in [1.54, 1.807) is 6.07 Å². The summed E-state index contributed by atoms with van der Waals surface area (Å²) in [7, 11) is 0. The second-order valence-corrected chi connectivity index (χ2v) is 3.22. The Bertz CT molecular complexity index is 251. The van der Waals surface area contributed by atoms with Gasteiger partial charge < -0.3 is 5.11 Å². The normalized spacial score (nSPS) is 9.67. The maximum Gasteiger partial charge on any atom is 0.119 e. The molecule has 1 aromatic carbocycles. The van der Waals surface area contributed by atoms with Crippen LogP contribution in [-0.2, 0) is 0 Å². The highest BCUT2D eigenvalue weighted by Gasteiger charge is 2.03. The lowest BCUT2D eigenvalue weighted by Gasteiger charge is -2.07. The third-order valence-electron chi connectivity index (χ3n) is 1.81. The molecule has 1 heteroatoms. The highest BCUT2D eigenvalue weighted by Crippen LogP contribution is 2.25. The molecule has 68 valence electrons. The molecule has 1 aromatic rings. The predicted octanol–water partition coefficient (Wildman–Crippen LogP) is 3.46. The highest BCUT2D eigenvalue weighted by atomic mass is 16.3. The second-order valence-electron chi connectivity index (χ2n) is 3.22. The Morgan fingerprint density at radius 3 is 2.25 bits per heavy atom. The Kier molecular flexibility index (Phi) is 3.81. The fourth-order valence-corrected chi connectivity index (χ4v) is 1.14. The van der Waals surface area contributed by atoms with Crippen LogP contribution >= 0.6 is 0 Å². The average molecular weight is 166 g/mol. The first kappa shape index (κ1) is 11.0. The van der Waals surface area contributed by atoms with E-state index in [1.807, 2.05) is 19.1 Å². The van der Waals surface area contributed by atoms with Crippen LogP contribution in [0, 0.1) is 6.92 Å². The van der Waals surface area contributed by atoms with Gasteiger partial charge in [-0.1, -0.05) is 33.4 Å². The molecule has 0 radical (unpaired) electrons. The van der Waals surface area contributed by atoms with E-state index in [1.165, 1.54) is 0 Å². The molecule has 0 amide bonds. The number of hydrogen-bond acceptors (Lipinski definition) is 1. The van der Waals surface area contributed by atoms with Crippen LogP contribution in [0.15, 0.2) is 18.2 Å². The first-order valence-electron chi connectivity index (χ1n) is 3.91. The molecular formula is C11H18O. The van der Waals surface area contributed by atoms with Gasteiger partial charge in [0.2, 0.25) is 0 Å². The van der Waals surface area contributed by atoms with Crippen molar-refractivity contribution in [1.29, 1.82) is 0 Å². The van der Waals surface area contributed by atoms with Crippen LogP contribution in [0.3, 0.4) is 0 Å². The summed E-state index contributed by atoms with van der Waals surface area (Å²) in [6, 6.07) is 5.81. The van der Waals surface area contributed by atoms with Gasteiger partial charge in [-0.2, -0.15) is 0 Å². The summed E-state index contributed by atoms with van der Waals surface area (Å²) in [5.74, 6) is 0.815. The largest absolute Gasteiger partial charge is 0.508 e. The second kappa shape index (κ2) is 4.15. The van der Waals surface area contributed by atoms with E-state index in [-0.39, 0.29) is 7.43 Å². The van der Waals surface area contributed by atoms with Crippen LogP contribution in [0.2, 0.25) is 0 Å². The van der Waals surface area contributed by atoms with Crippen LogP contribution in [-0.4, -0.2) is 5.11 Å². The number of hydrogen-bond donors (Lipinski definition) is 1. The molecule has 1 N–H and O–H groups in total. The molecule has 0 spiro atoms. The summed E-state index contributed by atoms with van der Waals surface area (Å²) >= 11 is 0. The van der Waals surface area contributed by atoms with Crippen molar-refractivity contribution >= 4 is 0 Å². The van der Waals surface area contributed by atoms with E-state index in [9.17, 15) is 5.11 Å². The molecule has 0 bridgehead atoms. The van der Waals surface area contributed by atoms with Crippen molar-refractivity contribution in [3.8, 4) is 5.75 Å². The smallest absolute Gasteiger partial charge is 0.119 e. The fraction of sp³-hybridized carbons (Fsp3) is 0.455. The van der Waals surface area contributed by atoms with Gasteiger partial charge >= 0.3 is 0 Å². The molecule has 0 unspecified atom stereocenters. The van der Waals surface area contributed by atoms with Gasteiger partial charge in [-0.3, -0.25) is 0 Å². The molecule has 0 saturated carbocycles. The standard InChI is InChI=1S/C10H14O.CH4/c1-7(2)9-5-4-8(3)6-10(9)11;/h4-7,11H,1-3H3;1H4. The summed E-state index contributed by atoms with van der Waals surface area (Å²) in [4.78, 5) is 0. The minimum atomic E-state index is 0. The molecule has 0 heterocycles. The summed E-state index contributed by atoms with van der Waals surface area (Å²) in [5.41, 5.74) is 2.13. The Balaban J connectivity index is 0.00000121. The molecule has 0 aliphatic heterocycles. The van der Waals surface area contributed by atoms with Crippen LogP contribution in [0.4, 0.5) is 0 Å². The SMILES string of the molecule is C.Cc1ccc(C(C)C)c(O)c1. The highest BCUT2D eigenvalue weighted by molar-refractivity contribution is 5.37. The van der Waals surface area contributed by atoms with Gasteiger partial charge in [-0.05, 0) is 30.0 Å². The van der Waals surface area contributed by atoms with Crippen molar-refractivity contribution in [3.05, 3.63) is 29.3 Å². The maximum absolute atomic E-state index is 9.46. The van der Waals surface area contributed by atoms with E-state index in [0.29, 0.717) is 11.7 Å². The van der Waals surface area contributed by atoms with E-state index in [0.717, 1.165) is 11.1 Å². The molecule has 0 fully saturated rings. The Labute approximate surface area is 75.1 Å². The van der Waals surface area contributed by atoms with E-state index in [2.05, 4.69) is 13.8 Å². The predicted molar refractivity (Wildman–Crippen MR) is 53.7 cm³/mol. The average Bonchev–Trinajstić information content (AvgIpc) is 1.85. The van der Waals surface area contributed by atoms with Crippen LogP contribution in [0.5, 0.6) is 5.75 Å². The molecule has 1 nitrogen and oxygen atoms in total. The molecule has 0 aliphatic rings. The van der Waals surface area contributed by atoms with Crippen molar-refractivity contribution in [2.24, 2.45) is 0 Å². The van der Waals surface area contributed by atoms with Crippen molar-refractivity contribution in [1.82, 2.24) is 0 Å². The first-order chi connectivity index (χ1) is 5.11. The quantitative estimate of drug-likeness (QED) is 0.677. The fourth-order valence-electron chi connectivity index (χ4n) is 1.14. The number of benzene rings is 1. The van der Waals surface area contributed by atoms with E-state index in [4.69, 9.17) is 0 Å². The van der Waals surface area contributed by atoms with Gasteiger partial charge in [0, 0.05) is 0 Å². The minimum Gasteiger partial charge on any atom is -0.508 e. The van der Waals surface area contributed by atoms with Crippen molar-refractivity contribution in [2.75, 3.05) is 0 Å². The van der Waals surface area contributed by atoms with Gasteiger partial charge in [0.05, 0.1) is 0 Å². The van der Waals surface area contributed by atoms with Crippen molar-refractivity contribution in [2.45, 2.75) is 34.1 Å². The maximum atomic E-state index is 9.46. The molecule has 0 atom stereocenters. The number of phenolic OH excluding ortho intramolecular Hbond substituents is 1. The van der Waals surface area contributed by atoms with E-state index >= 15 is 0 Å². The zero-order chi connectivity index (χ0) is 8.43. The number of aryl methyl sites for hydroxylation is 1. The third kappa shape index (κ3) is 2.26. The van der Waals surface area contributed by atoms with Crippen molar-refractivity contribution < 1.29 is 5.11 Å². The lowest BCUT2D eigenvalue weighted by atomic mass is 10.0. The van der Waals surface area contributed by atoms with Crippen molar-refractivity contribution in [3.63, 3.8) is 0 Å².